The Labute approximate surface area is 85.5 Å². The number of ketones is 1. The van der Waals surface area contributed by atoms with Gasteiger partial charge in [0.2, 0.25) is 0 Å². The molecule has 0 bridgehead atoms. The number of benzene rings is 1. The van der Waals surface area contributed by atoms with Crippen LogP contribution in [0.25, 0.3) is 6.08 Å². The third-order valence-electron chi connectivity index (χ3n) is 2.34. The van der Waals surface area contributed by atoms with E-state index in [1.165, 1.54) is 0 Å². The lowest BCUT2D eigenvalue weighted by molar-refractivity contribution is -0.117. The molecule has 0 aliphatic carbocycles. The van der Waals surface area contributed by atoms with Crippen LogP contribution in [0.4, 0.5) is 0 Å². The Kier molecular flexibility index (Phi) is 4.11. The molecule has 0 saturated heterocycles. The summed E-state index contributed by atoms with van der Waals surface area (Å²) in [5, 5.41) is 0. The highest BCUT2D eigenvalue weighted by molar-refractivity contribution is 5.95. The summed E-state index contributed by atoms with van der Waals surface area (Å²) in [6.07, 6.45) is 4.44. The summed E-state index contributed by atoms with van der Waals surface area (Å²) in [4.78, 5) is 11.5. The second kappa shape index (κ2) is 5.38. The quantitative estimate of drug-likeness (QED) is 0.662. The van der Waals surface area contributed by atoms with E-state index in [4.69, 9.17) is 0 Å². The molecule has 0 heterocycles. The Morgan fingerprint density at radius 3 is 2.57 bits per heavy atom. The Morgan fingerprint density at radius 2 is 2.00 bits per heavy atom. The van der Waals surface area contributed by atoms with E-state index >= 15 is 0 Å². The molecule has 1 nitrogen and oxygen atoms in total. The first-order valence-electron chi connectivity index (χ1n) is 5.01. The van der Waals surface area contributed by atoms with Gasteiger partial charge < -0.3 is 0 Å². The summed E-state index contributed by atoms with van der Waals surface area (Å²) in [7, 11) is 0. The van der Waals surface area contributed by atoms with Crippen molar-refractivity contribution in [3.05, 3.63) is 42.0 Å². The monoisotopic (exact) mass is 188 g/mol. The second-order valence-electron chi connectivity index (χ2n) is 3.46. The molecular formula is C13H16O. The second-order valence-corrected chi connectivity index (χ2v) is 3.46. The van der Waals surface area contributed by atoms with E-state index in [-0.39, 0.29) is 11.7 Å². The summed E-state index contributed by atoms with van der Waals surface area (Å²) in [5.74, 6) is 0.339. The number of carbonyl (C=O) groups excluding carboxylic acids is 1. The number of hydrogen-bond donors (Lipinski definition) is 0. The minimum Gasteiger partial charge on any atom is -0.295 e. The molecule has 0 spiro atoms. The molecule has 14 heavy (non-hydrogen) atoms. The van der Waals surface area contributed by atoms with Crippen LogP contribution in [0, 0.1) is 5.92 Å². The van der Waals surface area contributed by atoms with Crippen molar-refractivity contribution >= 4 is 11.9 Å². The number of hydrogen-bond acceptors (Lipinski definition) is 1. The highest BCUT2D eigenvalue weighted by atomic mass is 16.1. The van der Waals surface area contributed by atoms with Crippen LogP contribution in [0.1, 0.15) is 25.8 Å². The number of carbonyl (C=O) groups is 1. The van der Waals surface area contributed by atoms with Crippen LogP contribution in [0.3, 0.4) is 0 Å². The topological polar surface area (TPSA) is 17.1 Å². The smallest absolute Gasteiger partial charge is 0.158 e. The van der Waals surface area contributed by atoms with E-state index in [9.17, 15) is 4.79 Å². The lowest BCUT2D eigenvalue weighted by atomic mass is 10.0. The standard InChI is InChI=1S/C13H16O/c1-3-11(2)13(14)10-9-12-7-5-4-6-8-12/h4-11H,3H2,1-2H3/b10-9+/t11-/m1/s1. The zero-order valence-electron chi connectivity index (χ0n) is 8.73. The molecule has 1 heteroatoms. The van der Waals surface area contributed by atoms with Crippen molar-refractivity contribution in [1.29, 1.82) is 0 Å². The first-order valence-corrected chi connectivity index (χ1v) is 5.01. The van der Waals surface area contributed by atoms with Gasteiger partial charge in [0.05, 0.1) is 0 Å². The minimum absolute atomic E-state index is 0.134. The summed E-state index contributed by atoms with van der Waals surface area (Å²) >= 11 is 0. The normalized spacial score (nSPS) is 13.0. The SMILES string of the molecule is CC[C@@H](C)C(=O)/C=C/c1ccccc1. The van der Waals surface area contributed by atoms with Gasteiger partial charge in [-0.1, -0.05) is 50.3 Å². The molecule has 0 saturated carbocycles. The summed E-state index contributed by atoms with van der Waals surface area (Å²) in [6, 6.07) is 9.87. The molecule has 0 N–H and O–H groups in total. The van der Waals surface area contributed by atoms with Gasteiger partial charge in [0.1, 0.15) is 0 Å². The zero-order valence-corrected chi connectivity index (χ0v) is 8.73. The van der Waals surface area contributed by atoms with Crippen LogP contribution < -0.4 is 0 Å². The molecule has 0 aliphatic rings. The number of rotatable bonds is 4. The largest absolute Gasteiger partial charge is 0.295 e. The predicted molar refractivity (Wildman–Crippen MR) is 59.9 cm³/mol. The van der Waals surface area contributed by atoms with Gasteiger partial charge in [0.25, 0.3) is 0 Å². The van der Waals surface area contributed by atoms with Gasteiger partial charge in [-0.15, -0.1) is 0 Å². The Bertz CT molecular complexity index is 311. The molecule has 0 amide bonds. The van der Waals surface area contributed by atoms with Crippen molar-refractivity contribution in [3.8, 4) is 0 Å². The van der Waals surface area contributed by atoms with Crippen molar-refractivity contribution in [1.82, 2.24) is 0 Å². The average Bonchev–Trinajstić information content (AvgIpc) is 2.26. The van der Waals surface area contributed by atoms with Crippen LogP contribution in [0.15, 0.2) is 36.4 Å². The van der Waals surface area contributed by atoms with Crippen LogP contribution >= 0.6 is 0 Å². The fraction of sp³-hybridized carbons (Fsp3) is 0.308. The van der Waals surface area contributed by atoms with Gasteiger partial charge in [-0.3, -0.25) is 4.79 Å². The van der Waals surface area contributed by atoms with E-state index in [2.05, 4.69) is 0 Å². The Balaban J connectivity index is 2.61. The molecule has 1 aromatic rings. The van der Waals surface area contributed by atoms with E-state index < -0.39 is 0 Å². The molecular weight excluding hydrogens is 172 g/mol. The van der Waals surface area contributed by atoms with Crippen LogP contribution in [-0.2, 0) is 4.79 Å². The lowest BCUT2D eigenvalue weighted by Crippen LogP contribution is -2.05. The van der Waals surface area contributed by atoms with Crippen LogP contribution in [0.5, 0.6) is 0 Å². The fourth-order valence-corrected chi connectivity index (χ4v) is 1.11. The van der Waals surface area contributed by atoms with Gasteiger partial charge in [-0.25, -0.2) is 0 Å². The summed E-state index contributed by atoms with van der Waals surface area (Å²) in [6.45, 7) is 3.98. The molecule has 0 radical (unpaired) electrons. The fourth-order valence-electron chi connectivity index (χ4n) is 1.11. The van der Waals surface area contributed by atoms with E-state index in [0.29, 0.717) is 0 Å². The lowest BCUT2D eigenvalue weighted by Gasteiger charge is -2.01. The van der Waals surface area contributed by atoms with Crippen molar-refractivity contribution in [2.45, 2.75) is 20.3 Å². The van der Waals surface area contributed by atoms with Gasteiger partial charge in [0, 0.05) is 5.92 Å². The van der Waals surface area contributed by atoms with E-state index in [1.807, 2.05) is 50.3 Å². The van der Waals surface area contributed by atoms with Crippen molar-refractivity contribution in [2.24, 2.45) is 5.92 Å². The first kappa shape index (κ1) is 10.7. The summed E-state index contributed by atoms with van der Waals surface area (Å²) in [5.41, 5.74) is 1.07. The molecule has 0 aromatic heterocycles. The molecule has 0 aliphatic heterocycles. The predicted octanol–water partition coefficient (Wildman–Crippen LogP) is 3.32. The first-order chi connectivity index (χ1) is 6.74. The molecule has 0 fully saturated rings. The highest BCUT2D eigenvalue weighted by Crippen LogP contribution is 2.06. The van der Waals surface area contributed by atoms with E-state index in [0.717, 1.165) is 12.0 Å². The zero-order chi connectivity index (χ0) is 10.4. The average molecular weight is 188 g/mol. The molecule has 1 rings (SSSR count). The van der Waals surface area contributed by atoms with Crippen LogP contribution in [0.2, 0.25) is 0 Å². The van der Waals surface area contributed by atoms with E-state index in [1.54, 1.807) is 6.08 Å². The summed E-state index contributed by atoms with van der Waals surface area (Å²) < 4.78 is 0. The maximum atomic E-state index is 11.5. The number of allylic oxidation sites excluding steroid dienone is 1. The van der Waals surface area contributed by atoms with Gasteiger partial charge in [-0.2, -0.15) is 0 Å². The molecule has 74 valence electrons. The Hall–Kier alpha value is -1.37. The van der Waals surface area contributed by atoms with Crippen LogP contribution in [-0.4, -0.2) is 5.78 Å². The van der Waals surface area contributed by atoms with Gasteiger partial charge in [-0.05, 0) is 18.1 Å². The maximum absolute atomic E-state index is 11.5. The maximum Gasteiger partial charge on any atom is 0.158 e. The van der Waals surface area contributed by atoms with Crippen molar-refractivity contribution < 1.29 is 4.79 Å². The van der Waals surface area contributed by atoms with Gasteiger partial charge >= 0.3 is 0 Å². The molecule has 1 aromatic carbocycles. The highest BCUT2D eigenvalue weighted by Gasteiger charge is 2.05. The third kappa shape index (κ3) is 3.17. The Morgan fingerprint density at radius 1 is 1.36 bits per heavy atom. The molecule has 0 unspecified atom stereocenters. The van der Waals surface area contributed by atoms with Crippen molar-refractivity contribution in [3.63, 3.8) is 0 Å². The third-order valence-corrected chi connectivity index (χ3v) is 2.34. The molecule has 1 atom stereocenters. The minimum atomic E-state index is 0.134. The van der Waals surface area contributed by atoms with Crippen molar-refractivity contribution in [2.75, 3.05) is 0 Å². The van der Waals surface area contributed by atoms with Gasteiger partial charge in [0.15, 0.2) is 5.78 Å².